The van der Waals surface area contributed by atoms with Gasteiger partial charge in [0.05, 0.1) is 11.5 Å². The molecule has 0 heterocycles. The number of carbonyl (C=O) groups excluding carboxylic acids is 1. The third-order valence-corrected chi connectivity index (χ3v) is 5.72. The van der Waals surface area contributed by atoms with Crippen LogP contribution in [-0.2, 0) is 14.3 Å². The van der Waals surface area contributed by atoms with Crippen molar-refractivity contribution in [3.8, 4) is 0 Å². The van der Waals surface area contributed by atoms with E-state index in [1.54, 1.807) is 0 Å². The van der Waals surface area contributed by atoms with E-state index in [4.69, 9.17) is 9.47 Å². The van der Waals surface area contributed by atoms with Crippen LogP contribution in [0.4, 0.5) is 0 Å². The molecule has 3 atom stereocenters. The zero-order chi connectivity index (χ0) is 13.7. The summed E-state index contributed by atoms with van der Waals surface area (Å²) in [5.74, 6) is 1.42. The highest BCUT2D eigenvalue weighted by molar-refractivity contribution is 5.72. The summed E-state index contributed by atoms with van der Waals surface area (Å²) in [5.41, 5.74) is -0.208. The molecular formula is C16H26O3. The summed E-state index contributed by atoms with van der Waals surface area (Å²) in [7, 11) is 1.83. The lowest BCUT2D eigenvalue weighted by atomic mass is 9.52. The fourth-order valence-corrected chi connectivity index (χ4v) is 4.93. The van der Waals surface area contributed by atoms with Crippen molar-refractivity contribution < 1.29 is 14.3 Å². The smallest absolute Gasteiger partial charge is 0.309 e. The number of esters is 1. The molecule has 0 radical (unpaired) electrons. The standard InChI is InChI=1S/C16H26O3/c1-4-11(2)14(17)19-16-8-12-5-13(9-16)7-15(6-12,10-16)18-3/h11-13H,4-10H2,1-3H3. The molecule has 19 heavy (non-hydrogen) atoms. The predicted molar refractivity (Wildman–Crippen MR) is 72.7 cm³/mol. The molecule has 0 spiro atoms. The van der Waals surface area contributed by atoms with Crippen molar-refractivity contribution in [1.82, 2.24) is 0 Å². The highest BCUT2D eigenvalue weighted by atomic mass is 16.6. The summed E-state index contributed by atoms with van der Waals surface area (Å²) in [5, 5.41) is 0. The minimum Gasteiger partial charge on any atom is -0.459 e. The molecule has 3 heteroatoms. The molecule has 4 aliphatic carbocycles. The fourth-order valence-electron chi connectivity index (χ4n) is 4.93. The number of ether oxygens (including phenoxy) is 2. The molecule has 4 fully saturated rings. The van der Waals surface area contributed by atoms with Crippen LogP contribution in [-0.4, -0.2) is 24.3 Å². The van der Waals surface area contributed by atoms with Gasteiger partial charge in [-0.2, -0.15) is 0 Å². The molecule has 4 aliphatic rings. The minimum absolute atomic E-state index is 0.000182. The van der Waals surface area contributed by atoms with Gasteiger partial charge in [-0.1, -0.05) is 13.8 Å². The highest BCUT2D eigenvalue weighted by Crippen LogP contribution is 2.60. The molecule has 0 aromatic rings. The van der Waals surface area contributed by atoms with Crippen molar-refractivity contribution in [3.63, 3.8) is 0 Å². The summed E-state index contributed by atoms with van der Waals surface area (Å²) in [6.45, 7) is 4.01. The molecule has 0 N–H and O–H groups in total. The Morgan fingerprint density at radius 2 is 1.79 bits per heavy atom. The molecule has 3 unspecified atom stereocenters. The predicted octanol–water partition coefficient (Wildman–Crippen LogP) is 3.31. The van der Waals surface area contributed by atoms with Crippen LogP contribution in [0.1, 0.15) is 58.8 Å². The topological polar surface area (TPSA) is 35.5 Å². The second-order valence-corrected chi connectivity index (χ2v) is 7.26. The Balaban J connectivity index is 1.79. The summed E-state index contributed by atoms with van der Waals surface area (Å²) >= 11 is 0. The number of carbonyl (C=O) groups is 1. The lowest BCUT2D eigenvalue weighted by molar-refractivity contribution is -0.229. The van der Waals surface area contributed by atoms with E-state index in [1.807, 2.05) is 21.0 Å². The van der Waals surface area contributed by atoms with Crippen molar-refractivity contribution in [1.29, 1.82) is 0 Å². The first-order valence-corrected chi connectivity index (χ1v) is 7.78. The van der Waals surface area contributed by atoms with Crippen molar-refractivity contribution >= 4 is 5.97 Å². The van der Waals surface area contributed by atoms with Gasteiger partial charge in [0.2, 0.25) is 0 Å². The highest BCUT2D eigenvalue weighted by Gasteiger charge is 2.60. The van der Waals surface area contributed by atoms with Gasteiger partial charge in [-0.25, -0.2) is 0 Å². The Morgan fingerprint density at radius 1 is 1.21 bits per heavy atom. The van der Waals surface area contributed by atoms with Crippen LogP contribution in [0.3, 0.4) is 0 Å². The Morgan fingerprint density at radius 3 is 2.32 bits per heavy atom. The van der Waals surface area contributed by atoms with Gasteiger partial charge in [0.1, 0.15) is 5.60 Å². The normalized spacial score (nSPS) is 45.2. The number of methoxy groups -OCH3 is 1. The molecule has 0 saturated heterocycles. The van der Waals surface area contributed by atoms with Crippen LogP contribution in [0.2, 0.25) is 0 Å². The second kappa shape index (κ2) is 4.47. The first-order valence-electron chi connectivity index (χ1n) is 7.78. The number of rotatable bonds is 4. The number of hydrogen-bond acceptors (Lipinski definition) is 3. The summed E-state index contributed by atoms with van der Waals surface area (Å²) in [6.07, 6.45) is 7.56. The van der Waals surface area contributed by atoms with Gasteiger partial charge < -0.3 is 9.47 Å². The maximum absolute atomic E-state index is 12.2. The third-order valence-electron chi connectivity index (χ3n) is 5.72. The van der Waals surface area contributed by atoms with E-state index in [2.05, 4.69) is 0 Å². The van der Waals surface area contributed by atoms with Gasteiger partial charge in [-0.05, 0) is 50.4 Å². The zero-order valence-electron chi connectivity index (χ0n) is 12.4. The van der Waals surface area contributed by atoms with E-state index in [-0.39, 0.29) is 23.1 Å². The van der Waals surface area contributed by atoms with Gasteiger partial charge in [0.15, 0.2) is 0 Å². The molecule has 0 aromatic heterocycles. The summed E-state index contributed by atoms with van der Waals surface area (Å²) in [4.78, 5) is 12.2. The lowest BCUT2D eigenvalue weighted by Crippen LogP contribution is -2.61. The van der Waals surface area contributed by atoms with Crippen molar-refractivity contribution in [2.24, 2.45) is 17.8 Å². The van der Waals surface area contributed by atoms with Crippen LogP contribution >= 0.6 is 0 Å². The molecule has 0 amide bonds. The van der Waals surface area contributed by atoms with Crippen LogP contribution < -0.4 is 0 Å². The van der Waals surface area contributed by atoms with Crippen molar-refractivity contribution in [2.45, 2.75) is 70.0 Å². The quantitative estimate of drug-likeness (QED) is 0.732. The van der Waals surface area contributed by atoms with E-state index in [0.717, 1.165) is 25.7 Å². The SMILES string of the molecule is CCC(C)C(=O)OC12CC3CC(CC(OC)(C3)C1)C2. The third kappa shape index (κ3) is 2.20. The fraction of sp³-hybridized carbons (Fsp3) is 0.938. The zero-order valence-corrected chi connectivity index (χ0v) is 12.4. The minimum atomic E-state index is -0.208. The Labute approximate surface area is 116 Å². The Kier molecular flexibility index (Phi) is 3.16. The Bertz CT molecular complexity index is 362. The van der Waals surface area contributed by atoms with Crippen LogP contribution in [0.25, 0.3) is 0 Å². The van der Waals surface area contributed by atoms with Gasteiger partial charge in [0, 0.05) is 13.5 Å². The van der Waals surface area contributed by atoms with Crippen LogP contribution in [0.5, 0.6) is 0 Å². The maximum Gasteiger partial charge on any atom is 0.309 e. The molecule has 0 aliphatic heterocycles. The van der Waals surface area contributed by atoms with E-state index >= 15 is 0 Å². The first-order chi connectivity index (χ1) is 9.00. The molecule has 4 rings (SSSR count). The largest absolute Gasteiger partial charge is 0.459 e. The van der Waals surface area contributed by atoms with E-state index in [9.17, 15) is 4.79 Å². The molecule has 4 saturated carbocycles. The second-order valence-electron chi connectivity index (χ2n) is 7.26. The summed E-state index contributed by atoms with van der Waals surface area (Å²) < 4.78 is 11.9. The van der Waals surface area contributed by atoms with Crippen molar-refractivity contribution in [3.05, 3.63) is 0 Å². The summed E-state index contributed by atoms with van der Waals surface area (Å²) in [6, 6.07) is 0. The van der Waals surface area contributed by atoms with E-state index < -0.39 is 0 Å². The molecule has 0 aromatic carbocycles. The van der Waals surface area contributed by atoms with Gasteiger partial charge >= 0.3 is 5.97 Å². The van der Waals surface area contributed by atoms with Gasteiger partial charge in [-0.3, -0.25) is 4.79 Å². The average molecular weight is 266 g/mol. The van der Waals surface area contributed by atoms with Gasteiger partial charge in [-0.15, -0.1) is 0 Å². The Hall–Kier alpha value is -0.570. The monoisotopic (exact) mass is 266 g/mol. The molecular weight excluding hydrogens is 240 g/mol. The van der Waals surface area contributed by atoms with E-state index in [1.165, 1.54) is 19.3 Å². The van der Waals surface area contributed by atoms with E-state index in [0.29, 0.717) is 11.8 Å². The molecule has 4 bridgehead atoms. The average Bonchev–Trinajstić information content (AvgIpc) is 2.35. The number of hydrogen-bond donors (Lipinski definition) is 0. The molecule has 3 nitrogen and oxygen atoms in total. The lowest BCUT2D eigenvalue weighted by Gasteiger charge is -2.60. The molecule has 108 valence electrons. The van der Waals surface area contributed by atoms with Crippen LogP contribution in [0.15, 0.2) is 0 Å². The van der Waals surface area contributed by atoms with Crippen molar-refractivity contribution in [2.75, 3.05) is 7.11 Å². The maximum atomic E-state index is 12.2. The van der Waals surface area contributed by atoms with Gasteiger partial charge in [0.25, 0.3) is 0 Å². The van der Waals surface area contributed by atoms with Crippen LogP contribution in [0, 0.1) is 17.8 Å². The first kappa shape index (κ1) is 13.4.